The number of carbonyl (C=O) groups is 1. The van der Waals surface area contributed by atoms with Gasteiger partial charge in [0.05, 0.1) is 18.8 Å². The highest BCUT2D eigenvalue weighted by Gasteiger charge is 2.45. The van der Waals surface area contributed by atoms with E-state index in [0.29, 0.717) is 19.4 Å². The third kappa shape index (κ3) is 7.20. The number of methoxy groups -OCH3 is 1. The summed E-state index contributed by atoms with van der Waals surface area (Å²) in [6.07, 6.45) is -0.00729. The van der Waals surface area contributed by atoms with Crippen LogP contribution in [0.1, 0.15) is 47.5 Å². The number of nitrogens with zero attached hydrogens (tertiary/aromatic N) is 1. The Morgan fingerprint density at radius 3 is 2.00 bits per heavy atom. The van der Waals surface area contributed by atoms with Crippen molar-refractivity contribution in [2.75, 3.05) is 26.9 Å². The third-order valence-corrected chi connectivity index (χ3v) is 3.30. The second-order valence-electron chi connectivity index (χ2n) is 5.64. The molecule has 1 heterocycles. The standard InChI is InChI=1S/C8H14FNO3.C5H12O.C2H6/c9-7-2-1-3-10(6-13)8(7,4-11)5-12;1-5(2,3)6-4;1-2/h6-7,11-12H,1-5H2;1-4H3;1-2H3. The van der Waals surface area contributed by atoms with Crippen LogP contribution < -0.4 is 0 Å². The minimum absolute atomic E-state index is 0.0417. The van der Waals surface area contributed by atoms with E-state index < -0.39 is 24.9 Å². The summed E-state index contributed by atoms with van der Waals surface area (Å²) in [5, 5.41) is 18.0. The molecule has 1 unspecified atom stereocenters. The Labute approximate surface area is 128 Å². The van der Waals surface area contributed by atoms with Gasteiger partial charge >= 0.3 is 0 Å². The van der Waals surface area contributed by atoms with Gasteiger partial charge in [-0.1, -0.05) is 13.8 Å². The van der Waals surface area contributed by atoms with Crippen LogP contribution in [0.3, 0.4) is 0 Å². The van der Waals surface area contributed by atoms with Crippen LogP contribution in [0, 0.1) is 0 Å². The van der Waals surface area contributed by atoms with Crippen molar-refractivity contribution in [3.8, 4) is 0 Å². The molecule has 0 bridgehead atoms. The number of amides is 1. The summed E-state index contributed by atoms with van der Waals surface area (Å²) >= 11 is 0. The minimum atomic E-state index is -1.40. The Morgan fingerprint density at radius 2 is 1.76 bits per heavy atom. The molecule has 5 nitrogen and oxygen atoms in total. The van der Waals surface area contributed by atoms with E-state index in [-0.39, 0.29) is 12.0 Å². The number of aliphatic hydroxyl groups is 2. The van der Waals surface area contributed by atoms with Gasteiger partial charge in [0.25, 0.3) is 0 Å². The fourth-order valence-electron chi connectivity index (χ4n) is 1.70. The summed E-state index contributed by atoms with van der Waals surface area (Å²) in [4.78, 5) is 11.7. The summed E-state index contributed by atoms with van der Waals surface area (Å²) in [7, 11) is 1.71. The normalized spacial score (nSPS) is 20.6. The fraction of sp³-hybridized carbons (Fsp3) is 0.933. The van der Waals surface area contributed by atoms with Crippen molar-refractivity contribution in [2.24, 2.45) is 0 Å². The maximum Gasteiger partial charge on any atom is 0.210 e. The molecular formula is C15H32FNO4. The predicted octanol–water partition coefficient (Wildman–Crippen LogP) is 1.76. The van der Waals surface area contributed by atoms with Gasteiger partial charge in [-0.05, 0) is 33.6 Å². The van der Waals surface area contributed by atoms with E-state index in [9.17, 15) is 9.18 Å². The second-order valence-corrected chi connectivity index (χ2v) is 5.64. The summed E-state index contributed by atoms with van der Waals surface area (Å²) < 4.78 is 18.4. The second kappa shape index (κ2) is 10.9. The van der Waals surface area contributed by atoms with Gasteiger partial charge in [0.15, 0.2) is 0 Å². The van der Waals surface area contributed by atoms with Gasteiger partial charge in [-0.25, -0.2) is 4.39 Å². The van der Waals surface area contributed by atoms with E-state index in [1.165, 1.54) is 0 Å². The highest BCUT2D eigenvalue weighted by molar-refractivity contribution is 5.50. The van der Waals surface area contributed by atoms with Crippen LogP contribution in [0.4, 0.5) is 4.39 Å². The Hall–Kier alpha value is -0.720. The number of carbonyl (C=O) groups excluding carboxylic acids is 1. The Kier molecular flexibility index (Phi) is 11.7. The molecule has 0 aliphatic carbocycles. The van der Waals surface area contributed by atoms with E-state index >= 15 is 0 Å². The molecule has 1 atom stereocenters. The van der Waals surface area contributed by atoms with Gasteiger partial charge in [-0.2, -0.15) is 0 Å². The molecule has 2 N–H and O–H groups in total. The van der Waals surface area contributed by atoms with Crippen LogP contribution in [0.2, 0.25) is 0 Å². The van der Waals surface area contributed by atoms with Crippen LogP contribution in [-0.2, 0) is 9.53 Å². The van der Waals surface area contributed by atoms with Gasteiger partial charge in [-0.3, -0.25) is 4.79 Å². The number of rotatable bonds is 3. The SMILES string of the molecule is CC.COC(C)(C)C.O=CN1CCCC(F)C1(CO)CO. The lowest BCUT2D eigenvalue weighted by atomic mass is 9.86. The third-order valence-electron chi connectivity index (χ3n) is 3.30. The number of alkyl halides is 1. The highest BCUT2D eigenvalue weighted by Crippen LogP contribution is 2.29. The molecule has 0 radical (unpaired) electrons. The minimum Gasteiger partial charge on any atom is -0.394 e. The Morgan fingerprint density at radius 1 is 1.33 bits per heavy atom. The molecule has 1 rings (SSSR count). The number of aliphatic hydroxyl groups excluding tert-OH is 2. The quantitative estimate of drug-likeness (QED) is 0.779. The Bertz CT molecular complexity index is 265. The number of likely N-dealkylation sites (tertiary alicyclic amines) is 1. The first kappa shape index (κ1) is 22.6. The Balaban J connectivity index is 0. The first-order chi connectivity index (χ1) is 9.77. The lowest BCUT2D eigenvalue weighted by Gasteiger charge is -2.44. The van der Waals surface area contributed by atoms with Crippen molar-refractivity contribution in [2.45, 2.75) is 64.8 Å². The molecule has 6 heteroatoms. The number of hydrogen-bond donors (Lipinski definition) is 2. The van der Waals surface area contributed by atoms with Gasteiger partial charge in [-0.15, -0.1) is 0 Å². The van der Waals surface area contributed by atoms with Crippen molar-refractivity contribution in [1.29, 1.82) is 0 Å². The molecule has 1 amide bonds. The van der Waals surface area contributed by atoms with Gasteiger partial charge < -0.3 is 19.8 Å². The van der Waals surface area contributed by atoms with Gasteiger partial charge in [0.2, 0.25) is 6.41 Å². The van der Waals surface area contributed by atoms with Gasteiger partial charge in [0.1, 0.15) is 11.7 Å². The van der Waals surface area contributed by atoms with E-state index in [1.54, 1.807) is 7.11 Å². The summed E-state index contributed by atoms with van der Waals surface area (Å²) in [5.41, 5.74) is -1.36. The topological polar surface area (TPSA) is 70.0 Å². The van der Waals surface area contributed by atoms with Crippen LogP contribution in [-0.4, -0.2) is 65.7 Å². The maximum absolute atomic E-state index is 13.4. The fourth-order valence-corrected chi connectivity index (χ4v) is 1.70. The molecular weight excluding hydrogens is 277 g/mol. The average Bonchev–Trinajstić information content (AvgIpc) is 2.49. The summed E-state index contributed by atoms with van der Waals surface area (Å²) in [6, 6.07) is 0. The van der Waals surface area contributed by atoms with E-state index in [2.05, 4.69) is 0 Å². The predicted molar refractivity (Wildman–Crippen MR) is 81.9 cm³/mol. The van der Waals surface area contributed by atoms with Crippen LogP contribution in [0.5, 0.6) is 0 Å². The number of ether oxygens (including phenoxy) is 1. The van der Waals surface area contributed by atoms with Crippen LogP contribution >= 0.6 is 0 Å². The van der Waals surface area contributed by atoms with E-state index in [4.69, 9.17) is 14.9 Å². The molecule has 1 saturated heterocycles. The maximum atomic E-state index is 13.4. The highest BCUT2D eigenvalue weighted by atomic mass is 19.1. The molecule has 1 fully saturated rings. The molecule has 21 heavy (non-hydrogen) atoms. The molecule has 0 saturated carbocycles. The molecule has 0 aromatic rings. The van der Waals surface area contributed by atoms with Crippen molar-refractivity contribution >= 4 is 6.41 Å². The molecule has 0 spiro atoms. The van der Waals surface area contributed by atoms with Crippen molar-refractivity contribution in [3.63, 3.8) is 0 Å². The first-order valence-corrected chi connectivity index (χ1v) is 7.40. The zero-order valence-corrected chi connectivity index (χ0v) is 14.2. The van der Waals surface area contributed by atoms with Crippen molar-refractivity contribution in [1.82, 2.24) is 4.90 Å². The average molecular weight is 309 g/mol. The van der Waals surface area contributed by atoms with Crippen molar-refractivity contribution < 1.29 is 24.1 Å². The number of hydrogen-bond acceptors (Lipinski definition) is 4. The van der Waals surface area contributed by atoms with Crippen LogP contribution in [0.25, 0.3) is 0 Å². The molecule has 0 aromatic heterocycles. The smallest absolute Gasteiger partial charge is 0.210 e. The van der Waals surface area contributed by atoms with Gasteiger partial charge in [0, 0.05) is 13.7 Å². The number of halogens is 1. The van der Waals surface area contributed by atoms with E-state index in [1.807, 2.05) is 34.6 Å². The van der Waals surface area contributed by atoms with Crippen LogP contribution in [0.15, 0.2) is 0 Å². The lowest BCUT2D eigenvalue weighted by Crippen LogP contribution is -2.62. The molecule has 0 aromatic carbocycles. The van der Waals surface area contributed by atoms with E-state index in [0.717, 1.165) is 4.90 Å². The summed E-state index contributed by atoms with van der Waals surface area (Å²) in [6.45, 7) is 9.38. The molecule has 1 aliphatic heterocycles. The monoisotopic (exact) mass is 309 g/mol. The molecule has 128 valence electrons. The lowest BCUT2D eigenvalue weighted by molar-refractivity contribution is -0.139. The largest absolute Gasteiger partial charge is 0.394 e. The zero-order chi connectivity index (χ0) is 17.1. The number of piperidine rings is 1. The first-order valence-electron chi connectivity index (χ1n) is 7.40. The van der Waals surface area contributed by atoms with Crippen molar-refractivity contribution in [3.05, 3.63) is 0 Å². The zero-order valence-electron chi connectivity index (χ0n) is 14.2. The molecule has 1 aliphatic rings. The summed E-state index contributed by atoms with van der Waals surface area (Å²) in [5.74, 6) is 0.